The van der Waals surface area contributed by atoms with Crippen molar-refractivity contribution in [2.24, 2.45) is 0 Å². The van der Waals surface area contributed by atoms with Gasteiger partial charge in [0.05, 0.1) is 18.2 Å². The highest BCUT2D eigenvalue weighted by Gasteiger charge is 2.28. The second kappa shape index (κ2) is 13.1. The molecule has 0 aromatic carbocycles. The minimum atomic E-state index is -0.997. The first kappa shape index (κ1) is 25.8. The molecule has 1 aliphatic heterocycles. The van der Waals surface area contributed by atoms with Gasteiger partial charge in [0.25, 0.3) is 5.56 Å². The molecule has 0 saturated heterocycles. The first-order valence-corrected chi connectivity index (χ1v) is 10.2. The van der Waals surface area contributed by atoms with Crippen LogP contribution in [0.5, 0.6) is 0 Å². The van der Waals surface area contributed by atoms with Crippen LogP contribution < -0.4 is 10.9 Å². The zero-order chi connectivity index (χ0) is 23.4. The minimum absolute atomic E-state index is 0.0560. The molecule has 31 heavy (non-hydrogen) atoms. The molecule has 1 aliphatic rings. The molecule has 2 rings (SSSR count). The highest BCUT2D eigenvalue weighted by molar-refractivity contribution is 6.12. The third-order valence-corrected chi connectivity index (χ3v) is 4.47. The minimum Gasteiger partial charge on any atom is -0.362 e. The largest absolute Gasteiger partial charge is 0.362 e. The molecule has 0 aliphatic carbocycles. The van der Waals surface area contributed by atoms with Crippen LogP contribution in [0.4, 0.5) is 14.6 Å². The fraction of sp³-hybridized carbons (Fsp3) is 0.280. The number of nitrogens with one attached hydrogen (secondary N) is 1. The summed E-state index contributed by atoms with van der Waals surface area (Å²) in [7, 11) is 0. The molecular weight excluding hydrogens is 398 g/mol. The molecule has 1 aromatic heterocycles. The molecular formula is C25H30F2N2O2. The van der Waals surface area contributed by atoms with E-state index in [2.05, 4.69) is 18.5 Å². The third kappa shape index (κ3) is 6.88. The van der Waals surface area contributed by atoms with Gasteiger partial charge in [0.2, 0.25) is 0 Å². The van der Waals surface area contributed by atoms with Crippen LogP contribution in [-0.2, 0) is 6.54 Å². The highest BCUT2D eigenvalue weighted by atomic mass is 19.1. The van der Waals surface area contributed by atoms with E-state index in [1.807, 2.05) is 45.1 Å². The van der Waals surface area contributed by atoms with E-state index in [0.717, 1.165) is 11.6 Å². The van der Waals surface area contributed by atoms with Crippen LogP contribution in [-0.4, -0.2) is 23.1 Å². The molecule has 6 heteroatoms. The van der Waals surface area contributed by atoms with Crippen LogP contribution in [0.25, 0.3) is 0 Å². The van der Waals surface area contributed by atoms with Gasteiger partial charge >= 0.3 is 0 Å². The standard InChI is InChI=1S/C23H24F2N2O2.C2H6/c1-4-6-7-9-16(3)20-15-27-21(28)13-12-19(23(27)26-20)22(29)17(14-24)10-8-11-18(25)5-2;1-2/h4-7,9-13,20,26H,2-3,8,14-15H2,1H3;1-2H3/b6-4-,9-7-,17-10+,18-11+;. The molecule has 1 N–H and O–H groups in total. The number of aromatic nitrogens is 1. The van der Waals surface area contributed by atoms with Crippen LogP contribution in [0.1, 0.15) is 37.6 Å². The average Bonchev–Trinajstić information content (AvgIpc) is 3.24. The molecule has 0 saturated carbocycles. The van der Waals surface area contributed by atoms with E-state index in [4.69, 9.17) is 0 Å². The number of anilines is 1. The number of rotatable bonds is 9. The van der Waals surface area contributed by atoms with Gasteiger partial charge in [-0.2, -0.15) is 0 Å². The second-order valence-electron chi connectivity index (χ2n) is 6.42. The molecule has 2 heterocycles. The number of alkyl halides is 1. The van der Waals surface area contributed by atoms with Crippen molar-refractivity contribution in [3.05, 3.63) is 101 Å². The topological polar surface area (TPSA) is 51.1 Å². The van der Waals surface area contributed by atoms with Crippen molar-refractivity contribution in [1.82, 2.24) is 4.57 Å². The smallest absolute Gasteiger partial charge is 0.252 e. The summed E-state index contributed by atoms with van der Waals surface area (Å²) in [4.78, 5) is 25.1. The third-order valence-electron chi connectivity index (χ3n) is 4.47. The normalized spacial score (nSPS) is 16.0. The molecule has 0 radical (unpaired) electrons. The molecule has 4 nitrogen and oxygen atoms in total. The Balaban J connectivity index is 0.00000233. The Kier molecular flexibility index (Phi) is 10.9. The predicted molar refractivity (Wildman–Crippen MR) is 125 cm³/mol. The summed E-state index contributed by atoms with van der Waals surface area (Å²) >= 11 is 0. The number of carbonyl (C=O) groups is 1. The van der Waals surface area contributed by atoms with Gasteiger partial charge in [-0.25, -0.2) is 8.78 Å². The monoisotopic (exact) mass is 428 g/mol. The van der Waals surface area contributed by atoms with Gasteiger partial charge < -0.3 is 5.32 Å². The summed E-state index contributed by atoms with van der Waals surface area (Å²) in [5.41, 5.74) is 0.570. The summed E-state index contributed by atoms with van der Waals surface area (Å²) in [5, 5.41) is 3.15. The molecule has 1 atom stereocenters. The van der Waals surface area contributed by atoms with Crippen molar-refractivity contribution < 1.29 is 13.6 Å². The molecule has 1 aromatic rings. The van der Waals surface area contributed by atoms with E-state index in [0.29, 0.717) is 12.4 Å². The maximum atomic E-state index is 13.5. The first-order valence-electron chi connectivity index (χ1n) is 10.2. The van der Waals surface area contributed by atoms with Gasteiger partial charge in [-0.3, -0.25) is 14.2 Å². The maximum Gasteiger partial charge on any atom is 0.252 e. The van der Waals surface area contributed by atoms with Crippen LogP contribution in [0, 0.1) is 0 Å². The Bertz CT molecular complexity index is 982. The Morgan fingerprint density at radius 3 is 2.61 bits per heavy atom. The van der Waals surface area contributed by atoms with Gasteiger partial charge in [-0.15, -0.1) is 0 Å². The van der Waals surface area contributed by atoms with Crippen molar-refractivity contribution in [3.63, 3.8) is 0 Å². The van der Waals surface area contributed by atoms with Gasteiger partial charge in [-0.1, -0.05) is 57.4 Å². The SMILES string of the molecule is C=C/C(F)=C\C/C=C(\CF)C(=O)c1ccc(=O)n2c1NC(C(=C)/C=C\C=C/C)C2.CC. The zero-order valence-electron chi connectivity index (χ0n) is 18.3. The number of Topliss-reactive ketones (excluding diaryl/α,β-unsaturated/α-hetero) is 1. The lowest BCUT2D eigenvalue weighted by molar-refractivity contribution is 0.102. The highest BCUT2D eigenvalue weighted by Crippen LogP contribution is 2.26. The van der Waals surface area contributed by atoms with Gasteiger partial charge in [-0.05, 0) is 37.1 Å². The van der Waals surface area contributed by atoms with E-state index in [-0.39, 0.29) is 29.2 Å². The Labute approximate surface area is 182 Å². The fourth-order valence-corrected chi connectivity index (χ4v) is 2.89. The lowest BCUT2D eigenvalue weighted by atomic mass is 10.0. The van der Waals surface area contributed by atoms with Crippen molar-refractivity contribution in [2.75, 3.05) is 12.0 Å². The van der Waals surface area contributed by atoms with Gasteiger partial charge in [0.15, 0.2) is 5.78 Å². The van der Waals surface area contributed by atoms with Crippen LogP contribution >= 0.6 is 0 Å². The second-order valence-corrected chi connectivity index (χ2v) is 6.42. The number of carbonyl (C=O) groups excluding carboxylic acids is 1. The van der Waals surface area contributed by atoms with E-state index >= 15 is 0 Å². The van der Waals surface area contributed by atoms with E-state index in [9.17, 15) is 18.4 Å². The average molecular weight is 429 g/mol. The van der Waals surface area contributed by atoms with Gasteiger partial charge in [0, 0.05) is 11.6 Å². The molecule has 1 unspecified atom stereocenters. The van der Waals surface area contributed by atoms with E-state index in [1.54, 1.807) is 0 Å². The Morgan fingerprint density at radius 1 is 1.29 bits per heavy atom. The molecule has 166 valence electrons. The molecule has 0 bridgehead atoms. The summed E-state index contributed by atoms with van der Waals surface area (Å²) in [6.07, 6.45) is 11.0. The number of allylic oxidation sites excluding steroid dienone is 8. The number of hydrogen-bond acceptors (Lipinski definition) is 3. The number of fused-ring (bicyclic) bond motifs is 1. The molecule has 0 amide bonds. The molecule has 0 fully saturated rings. The Morgan fingerprint density at radius 2 is 2.00 bits per heavy atom. The van der Waals surface area contributed by atoms with E-state index in [1.165, 1.54) is 28.9 Å². The summed E-state index contributed by atoms with van der Waals surface area (Å²) in [6.45, 7) is 12.5. The lowest BCUT2D eigenvalue weighted by Gasteiger charge is -2.11. The van der Waals surface area contributed by atoms with Crippen molar-refractivity contribution in [2.45, 2.75) is 39.8 Å². The van der Waals surface area contributed by atoms with Crippen molar-refractivity contribution in [1.29, 1.82) is 0 Å². The fourth-order valence-electron chi connectivity index (χ4n) is 2.89. The van der Waals surface area contributed by atoms with Gasteiger partial charge in [0.1, 0.15) is 18.3 Å². The summed E-state index contributed by atoms with van der Waals surface area (Å²) in [5.74, 6) is -0.764. The zero-order valence-corrected chi connectivity index (χ0v) is 18.3. The molecule has 0 spiro atoms. The number of halogens is 2. The first-order chi connectivity index (χ1) is 14.9. The van der Waals surface area contributed by atoms with E-state index < -0.39 is 18.3 Å². The summed E-state index contributed by atoms with van der Waals surface area (Å²) < 4.78 is 28.0. The summed E-state index contributed by atoms with van der Waals surface area (Å²) in [6, 6.07) is 2.40. The quantitative estimate of drug-likeness (QED) is 0.304. The van der Waals surface area contributed by atoms with Crippen LogP contribution in [0.15, 0.2) is 89.6 Å². The number of nitrogens with zero attached hydrogens (tertiary/aromatic N) is 1. The van der Waals surface area contributed by atoms with Crippen molar-refractivity contribution in [3.8, 4) is 0 Å². The van der Waals surface area contributed by atoms with Crippen LogP contribution in [0.3, 0.4) is 0 Å². The number of ketones is 1. The number of hydrogen-bond donors (Lipinski definition) is 1. The number of pyridine rings is 1. The Hall–Kier alpha value is -3.28. The lowest BCUT2D eigenvalue weighted by Crippen LogP contribution is -2.21. The van der Waals surface area contributed by atoms with Crippen molar-refractivity contribution >= 4 is 11.6 Å². The predicted octanol–water partition coefficient (Wildman–Crippen LogP) is 5.87. The maximum absolute atomic E-state index is 13.5. The van der Waals surface area contributed by atoms with Crippen LogP contribution in [0.2, 0.25) is 0 Å².